The van der Waals surface area contributed by atoms with E-state index < -0.39 is 10.8 Å². The number of amides is 1. The number of pyridine rings is 1. The second-order valence-electron chi connectivity index (χ2n) is 6.38. The summed E-state index contributed by atoms with van der Waals surface area (Å²) in [5.41, 5.74) is 0.875. The van der Waals surface area contributed by atoms with Gasteiger partial charge in [0.1, 0.15) is 25.4 Å². The molecule has 0 radical (unpaired) electrons. The Bertz CT molecular complexity index is 1070. The molecule has 30 heavy (non-hydrogen) atoms. The SMILES string of the molecule is O=C(Nc1ccc(OCc2ccccc2)nc1)c1cc2c(cc1[N+](=O)[O-])OCCO2. The first kappa shape index (κ1) is 19.2. The molecule has 1 N–H and O–H groups in total. The second kappa shape index (κ2) is 8.48. The Hall–Kier alpha value is -4.14. The van der Waals surface area contributed by atoms with Gasteiger partial charge in [0.2, 0.25) is 5.88 Å². The second-order valence-corrected chi connectivity index (χ2v) is 6.38. The lowest BCUT2D eigenvalue weighted by molar-refractivity contribution is -0.385. The van der Waals surface area contributed by atoms with E-state index in [1.165, 1.54) is 18.3 Å². The van der Waals surface area contributed by atoms with Crippen LogP contribution in [0.15, 0.2) is 60.8 Å². The normalized spacial score (nSPS) is 12.1. The van der Waals surface area contributed by atoms with E-state index in [0.29, 0.717) is 37.1 Å². The minimum atomic E-state index is -0.654. The molecular weight excluding hydrogens is 390 g/mol. The lowest BCUT2D eigenvalue weighted by atomic mass is 10.1. The summed E-state index contributed by atoms with van der Waals surface area (Å²) in [5, 5.41) is 14.0. The molecule has 2 aromatic carbocycles. The zero-order valence-corrected chi connectivity index (χ0v) is 15.7. The smallest absolute Gasteiger partial charge is 0.286 e. The van der Waals surface area contributed by atoms with E-state index >= 15 is 0 Å². The van der Waals surface area contributed by atoms with E-state index in [4.69, 9.17) is 14.2 Å². The van der Waals surface area contributed by atoms with Crippen molar-refractivity contribution in [1.82, 2.24) is 4.98 Å². The Labute approximate surface area is 171 Å². The van der Waals surface area contributed by atoms with Crippen molar-refractivity contribution < 1.29 is 23.9 Å². The maximum absolute atomic E-state index is 12.6. The summed E-state index contributed by atoms with van der Waals surface area (Å²) in [6.07, 6.45) is 1.42. The van der Waals surface area contributed by atoms with Gasteiger partial charge in [-0.1, -0.05) is 30.3 Å². The summed E-state index contributed by atoms with van der Waals surface area (Å²) in [7, 11) is 0. The average molecular weight is 407 g/mol. The maximum Gasteiger partial charge on any atom is 0.286 e. The number of nitro groups is 1. The Morgan fingerprint density at radius 1 is 1.10 bits per heavy atom. The number of hydrogen-bond acceptors (Lipinski definition) is 7. The van der Waals surface area contributed by atoms with Crippen LogP contribution in [0.1, 0.15) is 15.9 Å². The average Bonchev–Trinajstić information content (AvgIpc) is 2.78. The third-order valence-corrected chi connectivity index (χ3v) is 4.33. The number of nitrogens with one attached hydrogen (secondary N) is 1. The Balaban J connectivity index is 1.46. The number of carbonyl (C=O) groups is 1. The van der Waals surface area contributed by atoms with E-state index in [1.807, 2.05) is 30.3 Å². The highest BCUT2D eigenvalue weighted by Gasteiger charge is 2.26. The first-order chi connectivity index (χ1) is 14.6. The highest BCUT2D eigenvalue weighted by Crippen LogP contribution is 2.36. The number of nitro benzene ring substituents is 1. The molecule has 0 atom stereocenters. The molecule has 152 valence electrons. The number of benzene rings is 2. The van der Waals surface area contributed by atoms with Crippen molar-refractivity contribution in [2.75, 3.05) is 18.5 Å². The number of hydrogen-bond donors (Lipinski definition) is 1. The topological polar surface area (TPSA) is 113 Å². The highest BCUT2D eigenvalue weighted by atomic mass is 16.6. The van der Waals surface area contributed by atoms with Crippen LogP contribution in [0.25, 0.3) is 0 Å². The first-order valence-corrected chi connectivity index (χ1v) is 9.12. The quantitative estimate of drug-likeness (QED) is 0.491. The van der Waals surface area contributed by atoms with Crippen LogP contribution < -0.4 is 19.5 Å². The van der Waals surface area contributed by atoms with Crippen molar-refractivity contribution >= 4 is 17.3 Å². The van der Waals surface area contributed by atoms with Gasteiger partial charge in [-0.25, -0.2) is 4.98 Å². The van der Waals surface area contributed by atoms with Crippen molar-refractivity contribution in [3.05, 3.63) is 82.0 Å². The molecule has 0 bridgehead atoms. The molecule has 1 aliphatic rings. The molecule has 9 nitrogen and oxygen atoms in total. The van der Waals surface area contributed by atoms with Gasteiger partial charge in [-0.05, 0) is 11.6 Å². The lowest BCUT2D eigenvalue weighted by Crippen LogP contribution is -2.18. The van der Waals surface area contributed by atoms with Crippen LogP contribution in [0.2, 0.25) is 0 Å². The molecule has 0 spiro atoms. The molecule has 1 aliphatic heterocycles. The Morgan fingerprint density at radius 2 is 1.83 bits per heavy atom. The fourth-order valence-corrected chi connectivity index (χ4v) is 2.88. The van der Waals surface area contributed by atoms with Crippen molar-refractivity contribution in [1.29, 1.82) is 0 Å². The molecule has 0 aliphatic carbocycles. The van der Waals surface area contributed by atoms with Gasteiger partial charge >= 0.3 is 0 Å². The molecule has 9 heteroatoms. The summed E-state index contributed by atoms with van der Waals surface area (Å²) in [5.74, 6) is 0.270. The molecule has 2 heterocycles. The molecule has 4 rings (SSSR count). The summed E-state index contributed by atoms with van der Waals surface area (Å²) in [6.45, 7) is 0.962. The summed E-state index contributed by atoms with van der Waals surface area (Å²) in [4.78, 5) is 27.6. The molecule has 0 saturated heterocycles. The zero-order chi connectivity index (χ0) is 20.9. The van der Waals surface area contributed by atoms with Crippen molar-refractivity contribution in [2.45, 2.75) is 6.61 Å². The van der Waals surface area contributed by atoms with Crippen LogP contribution in [0.5, 0.6) is 17.4 Å². The summed E-state index contributed by atoms with van der Waals surface area (Å²) < 4.78 is 16.4. The van der Waals surface area contributed by atoms with Crippen molar-refractivity contribution in [2.24, 2.45) is 0 Å². The van der Waals surface area contributed by atoms with Crippen LogP contribution in [-0.2, 0) is 6.61 Å². The summed E-state index contributed by atoms with van der Waals surface area (Å²) >= 11 is 0. The molecule has 1 amide bonds. The number of nitrogens with zero attached hydrogens (tertiary/aromatic N) is 2. The van der Waals surface area contributed by atoms with Crippen LogP contribution in [0, 0.1) is 10.1 Å². The van der Waals surface area contributed by atoms with Crippen LogP contribution >= 0.6 is 0 Å². The minimum Gasteiger partial charge on any atom is -0.486 e. The predicted molar refractivity (Wildman–Crippen MR) is 107 cm³/mol. The number of fused-ring (bicyclic) bond motifs is 1. The highest BCUT2D eigenvalue weighted by molar-refractivity contribution is 6.07. The summed E-state index contributed by atoms with van der Waals surface area (Å²) in [6, 6.07) is 15.4. The monoisotopic (exact) mass is 407 g/mol. The fourth-order valence-electron chi connectivity index (χ4n) is 2.88. The van der Waals surface area contributed by atoms with E-state index in [2.05, 4.69) is 10.3 Å². The Kier molecular flexibility index (Phi) is 5.42. The molecule has 1 aromatic heterocycles. The van der Waals surface area contributed by atoms with Gasteiger partial charge in [-0.3, -0.25) is 14.9 Å². The van der Waals surface area contributed by atoms with Crippen molar-refractivity contribution in [3.63, 3.8) is 0 Å². The molecule has 0 saturated carbocycles. The van der Waals surface area contributed by atoms with E-state index in [1.54, 1.807) is 12.1 Å². The Morgan fingerprint density at radius 3 is 2.50 bits per heavy atom. The minimum absolute atomic E-state index is 0.131. The number of aromatic nitrogens is 1. The van der Waals surface area contributed by atoms with E-state index in [9.17, 15) is 14.9 Å². The molecule has 3 aromatic rings. The van der Waals surface area contributed by atoms with E-state index in [0.717, 1.165) is 5.56 Å². The number of carbonyl (C=O) groups excluding carboxylic acids is 1. The van der Waals surface area contributed by atoms with Gasteiger partial charge in [-0.2, -0.15) is 0 Å². The largest absolute Gasteiger partial charge is 0.486 e. The zero-order valence-electron chi connectivity index (χ0n) is 15.7. The van der Waals surface area contributed by atoms with Gasteiger partial charge in [-0.15, -0.1) is 0 Å². The fraction of sp³-hybridized carbons (Fsp3) is 0.143. The van der Waals surface area contributed by atoms with E-state index in [-0.39, 0.29) is 17.0 Å². The number of ether oxygens (including phenoxy) is 3. The maximum atomic E-state index is 12.6. The molecular formula is C21H17N3O6. The van der Waals surface area contributed by atoms with Gasteiger partial charge in [0.15, 0.2) is 11.5 Å². The lowest BCUT2D eigenvalue weighted by Gasteiger charge is -2.18. The first-order valence-electron chi connectivity index (χ1n) is 9.12. The van der Waals surface area contributed by atoms with Gasteiger partial charge in [0.25, 0.3) is 11.6 Å². The number of rotatable bonds is 6. The van der Waals surface area contributed by atoms with Gasteiger partial charge < -0.3 is 19.5 Å². The van der Waals surface area contributed by atoms with Gasteiger partial charge in [0, 0.05) is 12.1 Å². The van der Waals surface area contributed by atoms with Gasteiger partial charge in [0.05, 0.1) is 22.9 Å². The van der Waals surface area contributed by atoms with Crippen LogP contribution in [0.4, 0.5) is 11.4 Å². The number of anilines is 1. The third-order valence-electron chi connectivity index (χ3n) is 4.33. The van der Waals surface area contributed by atoms with Crippen LogP contribution in [0.3, 0.4) is 0 Å². The predicted octanol–water partition coefficient (Wildman–Crippen LogP) is 3.59. The molecule has 0 fully saturated rings. The standard InChI is InChI=1S/C21H17N3O6/c25-21(16-10-18-19(29-9-8-28-18)11-17(16)24(26)27)23-15-6-7-20(22-12-15)30-13-14-4-2-1-3-5-14/h1-7,10-12H,8-9,13H2,(H,23,25). The molecule has 0 unspecified atom stereocenters. The van der Waals surface area contributed by atoms with Crippen molar-refractivity contribution in [3.8, 4) is 17.4 Å². The van der Waals surface area contributed by atoms with Crippen LogP contribution in [-0.4, -0.2) is 29.0 Å². The third kappa shape index (κ3) is 4.30.